The SMILES string of the molecule is O=c1[nH]c(O)c(C=c2cnn3c(=NC4CC4)nc(NC4CCC(NS(=O)(=O)c5cccc(F)c5)CC4)nc23)[nH]1. The second-order valence-corrected chi connectivity index (χ2v) is 11.5. The van der Waals surface area contributed by atoms with E-state index in [0.717, 1.165) is 18.9 Å². The molecule has 0 spiro atoms. The van der Waals surface area contributed by atoms with Crippen molar-refractivity contribution in [3.63, 3.8) is 0 Å². The summed E-state index contributed by atoms with van der Waals surface area (Å²) in [6.45, 7) is 0. The fourth-order valence-electron chi connectivity index (χ4n) is 4.60. The first-order valence-corrected chi connectivity index (χ1v) is 14.1. The number of benzene rings is 1. The van der Waals surface area contributed by atoms with Crippen LogP contribution in [0.15, 0.2) is 45.1 Å². The fourth-order valence-corrected chi connectivity index (χ4v) is 5.94. The Hall–Kier alpha value is -4.11. The molecule has 3 heterocycles. The van der Waals surface area contributed by atoms with E-state index in [1.54, 1.807) is 12.3 Å². The topological polar surface area (TPSA) is 183 Å². The van der Waals surface area contributed by atoms with Gasteiger partial charge in [0.05, 0.1) is 17.1 Å². The summed E-state index contributed by atoms with van der Waals surface area (Å²) in [5.74, 6) is -0.542. The number of anilines is 1. The van der Waals surface area contributed by atoms with Gasteiger partial charge in [-0.3, -0.25) is 4.98 Å². The number of hydrogen-bond donors (Lipinski definition) is 5. The van der Waals surface area contributed by atoms with Crippen LogP contribution in [0.2, 0.25) is 0 Å². The Labute approximate surface area is 221 Å². The van der Waals surface area contributed by atoms with Gasteiger partial charge in [0.25, 0.3) is 5.62 Å². The normalized spacial score (nSPS) is 21.1. The van der Waals surface area contributed by atoms with E-state index < -0.39 is 21.5 Å². The highest BCUT2D eigenvalue weighted by Gasteiger charge is 2.27. The summed E-state index contributed by atoms with van der Waals surface area (Å²) in [5.41, 5.74) is 0.506. The van der Waals surface area contributed by atoms with Gasteiger partial charge in [-0.15, -0.1) is 0 Å². The second kappa shape index (κ2) is 9.89. The van der Waals surface area contributed by atoms with E-state index >= 15 is 0 Å². The number of rotatable bonds is 7. The smallest absolute Gasteiger partial charge is 0.326 e. The lowest BCUT2D eigenvalue weighted by Gasteiger charge is -2.29. The summed E-state index contributed by atoms with van der Waals surface area (Å²) in [6, 6.07) is 4.85. The molecule has 3 aromatic heterocycles. The third kappa shape index (κ3) is 5.54. The molecule has 204 valence electrons. The van der Waals surface area contributed by atoms with Crippen LogP contribution in [0, 0.1) is 5.82 Å². The van der Waals surface area contributed by atoms with Gasteiger partial charge in [0.2, 0.25) is 21.9 Å². The maximum atomic E-state index is 13.5. The highest BCUT2D eigenvalue weighted by molar-refractivity contribution is 7.89. The van der Waals surface area contributed by atoms with Crippen LogP contribution in [-0.4, -0.2) is 61.2 Å². The summed E-state index contributed by atoms with van der Waals surface area (Å²) >= 11 is 0. The number of H-pyrrole nitrogens is 2. The summed E-state index contributed by atoms with van der Waals surface area (Å²) in [7, 11) is -3.82. The monoisotopic (exact) mass is 555 g/mol. The molecule has 4 aromatic rings. The lowest BCUT2D eigenvalue weighted by Crippen LogP contribution is -2.40. The lowest BCUT2D eigenvalue weighted by atomic mass is 9.92. The van der Waals surface area contributed by atoms with Gasteiger partial charge < -0.3 is 15.4 Å². The van der Waals surface area contributed by atoms with Gasteiger partial charge in [0.15, 0.2) is 5.65 Å². The molecule has 2 aliphatic carbocycles. The van der Waals surface area contributed by atoms with Crippen molar-refractivity contribution in [2.45, 2.75) is 61.5 Å². The van der Waals surface area contributed by atoms with E-state index in [-0.39, 0.29) is 34.6 Å². The average Bonchev–Trinajstić information content (AvgIpc) is 3.53. The van der Waals surface area contributed by atoms with Crippen LogP contribution in [-0.2, 0) is 10.0 Å². The minimum atomic E-state index is -3.82. The third-order valence-electron chi connectivity index (χ3n) is 6.75. The van der Waals surface area contributed by atoms with Gasteiger partial charge in [-0.25, -0.2) is 27.3 Å². The van der Waals surface area contributed by atoms with E-state index in [2.05, 4.69) is 40.1 Å². The summed E-state index contributed by atoms with van der Waals surface area (Å²) in [6.07, 6.45) is 7.56. The van der Waals surface area contributed by atoms with Crippen molar-refractivity contribution in [2.75, 3.05) is 5.32 Å². The molecule has 0 unspecified atom stereocenters. The average molecular weight is 556 g/mol. The van der Waals surface area contributed by atoms with Crippen LogP contribution in [0.3, 0.4) is 0 Å². The number of fused-ring (bicyclic) bond motifs is 1. The van der Waals surface area contributed by atoms with Gasteiger partial charge >= 0.3 is 5.69 Å². The Morgan fingerprint density at radius 2 is 1.87 bits per heavy atom. The quantitative estimate of drug-likeness (QED) is 0.216. The first kappa shape index (κ1) is 25.2. The van der Waals surface area contributed by atoms with Crippen LogP contribution >= 0.6 is 0 Å². The molecule has 2 aliphatic rings. The highest BCUT2D eigenvalue weighted by atomic mass is 32.2. The third-order valence-corrected chi connectivity index (χ3v) is 8.27. The van der Waals surface area contributed by atoms with Crippen molar-refractivity contribution < 1.29 is 17.9 Å². The Morgan fingerprint density at radius 1 is 1.10 bits per heavy atom. The Morgan fingerprint density at radius 3 is 2.56 bits per heavy atom. The Kier molecular flexibility index (Phi) is 6.38. The zero-order valence-electron chi connectivity index (χ0n) is 20.6. The maximum absolute atomic E-state index is 13.5. The lowest BCUT2D eigenvalue weighted by molar-refractivity contribution is 0.386. The standard InChI is InChI=1S/C24H26FN9O4S/c25-14-2-1-3-18(11-14)39(37,38)33-17-8-6-15(7-9-17)27-22-30-20-13(10-19-21(35)31-24(36)29-19)12-26-34(20)23(32-22)28-16-4-5-16/h1-3,10-12,15-17,33,35H,4-9H2,(H,27,28,32)(H2,29,31,36). The fraction of sp³-hybridized carbons (Fsp3) is 0.375. The molecule has 0 radical (unpaired) electrons. The van der Waals surface area contributed by atoms with E-state index in [1.807, 2.05) is 0 Å². The van der Waals surface area contributed by atoms with Crippen molar-refractivity contribution >= 4 is 27.7 Å². The summed E-state index contributed by atoms with van der Waals surface area (Å²) in [4.78, 5) is 30.1. The minimum Gasteiger partial charge on any atom is -0.493 e. The molecule has 0 amide bonds. The van der Waals surface area contributed by atoms with Gasteiger partial charge in [-0.2, -0.15) is 19.6 Å². The minimum absolute atomic E-state index is 0.00317. The zero-order valence-corrected chi connectivity index (χ0v) is 21.4. The number of sulfonamides is 1. The predicted molar refractivity (Wildman–Crippen MR) is 138 cm³/mol. The van der Waals surface area contributed by atoms with E-state index in [0.29, 0.717) is 48.1 Å². The van der Waals surface area contributed by atoms with Crippen molar-refractivity contribution in [3.05, 3.63) is 63.3 Å². The van der Waals surface area contributed by atoms with Gasteiger partial charge in [-0.1, -0.05) is 6.07 Å². The molecule has 13 nitrogen and oxygen atoms in total. The van der Waals surface area contributed by atoms with E-state index in [9.17, 15) is 22.7 Å². The zero-order chi connectivity index (χ0) is 27.1. The van der Waals surface area contributed by atoms with Crippen LogP contribution in [0.25, 0.3) is 11.7 Å². The molecule has 0 aliphatic heterocycles. The van der Waals surface area contributed by atoms with Gasteiger partial charge in [-0.05, 0) is 62.8 Å². The molecule has 1 aromatic carbocycles. The predicted octanol–water partition coefficient (Wildman–Crippen LogP) is 0.298. The maximum Gasteiger partial charge on any atom is 0.326 e. The molecular weight excluding hydrogens is 529 g/mol. The molecule has 15 heteroatoms. The van der Waals surface area contributed by atoms with Crippen LogP contribution < -0.4 is 26.6 Å². The number of aromatic amines is 2. The van der Waals surface area contributed by atoms with Crippen molar-refractivity contribution in [1.82, 2.24) is 34.3 Å². The second-order valence-electron chi connectivity index (χ2n) is 9.80. The van der Waals surface area contributed by atoms with Crippen LogP contribution in [0.4, 0.5) is 10.3 Å². The number of aromatic hydroxyl groups is 1. The summed E-state index contributed by atoms with van der Waals surface area (Å²) < 4.78 is 43.1. The molecule has 0 atom stereocenters. The molecule has 2 saturated carbocycles. The molecule has 6 rings (SSSR count). The van der Waals surface area contributed by atoms with Crippen molar-refractivity contribution in [1.29, 1.82) is 0 Å². The highest BCUT2D eigenvalue weighted by Crippen LogP contribution is 2.24. The van der Waals surface area contributed by atoms with Crippen LogP contribution in [0.5, 0.6) is 5.88 Å². The summed E-state index contributed by atoms with van der Waals surface area (Å²) in [5, 5.41) is 18.2. The molecule has 39 heavy (non-hydrogen) atoms. The Bertz CT molecular complexity index is 1820. The van der Waals surface area contributed by atoms with E-state index in [4.69, 9.17) is 0 Å². The number of aromatic nitrogens is 6. The van der Waals surface area contributed by atoms with E-state index in [1.165, 1.54) is 22.7 Å². The number of nitrogens with one attached hydrogen (secondary N) is 4. The van der Waals surface area contributed by atoms with Crippen molar-refractivity contribution in [2.24, 2.45) is 4.99 Å². The molecule has 2 fully saturated rings. The first-order chi connectivity index (χ1) is 18.7. The Balaban J connectivity index is 1.21. The molecule has 5 N–H and O–H groups in total. The first-order valence-electron chi connectivity index (χ1n) is 12.6. The number of hydrogen-bond acceptors (Lipinski definition) is 9. The van der Waals surface area contributed by atoms with Gasteiger partial charge in [0, 0.05) is 17.3 Å². The molecule has 0 saturated heterocycles. The molecular formula is C24H26FN9O4S. The van der Waals surface area contributed by atoms with Crippen LogP contribution in [0.1, 0.15) is 44.2 Å². The molecule has 0 bridgehead atoms. The van der Waals surface area contributed by atoms with Crippen molar-refractivity contribution in [3.8, 4) is 5.88 Å². The number of halogens is 1. The number of nitrogens with zero attached hydrogens (tertiary/aromatic N) is 5. The largest absolute Gasteiger partial charge is 0.493 e. The van der Waals surface area contributed by atoms with Gasteiger partial charge in [0.1, 0.15) is 11.5 Å². The number of imidazole rings is 1.